The summed E-state index contributed by atoms with van der Waals surface area (Å²) in [6.07, 6.45) is -1.70. The first-order valence-corrected chi connectivity index (χ1v) is 10.3. The zero-order valence-electron chi connectivity index (χ0n) is 15.4. The van der Waals surface area contributed by atoms with Crippen LogP contribution < -0.4 is 16.4 Å². The lowest BCUT2D eigenvalue weighted by molar-refractivity contribution is -0.0799. The minimum atomic E-state index is -4.44. The van der Waals surface area contributed by atoms with Crippen LogP contribution in [0.4, 0.5) is 13.2 Å². The smallest absolute Gasteiger partial charge is 0.370 e. The van der Waals surface area contributed by atoms with E-state index in [1.54, 1.807) is 13.3 Å². The van der Waals surface area contributed by atoms with Gasteiger partial charge in [-0.15, -0.1) is 0 Å². The molecule has 0 saturated heterocycles. The Kier molecular flexibility index (Phi) is 8.51. The summed E-state index contributed by atoms with van der Waals surface area (Å²) in [6, 6.07) is 0. The van der Waals surface area contributed by atoms with Crippen LogP contribution in [0, 0.1) is 5.41 Å². The molecule has 0 aliphatic carbocycles. The number of hydrogen-bond acceptors (Lipinski definition) is 3. The molecule has 0 radical (unpaired) electrons. The summed E-state index contributed by atoms with van der Waals surface area (Å²) in [6.45, 7) is 12.9. The lowest BCUT2D eigenvalue weighted by Gasteiger charge is -2.33. The largest absolute Gasteiger partial charge is 0.411 e. The van der Waals surface area contributed by atoms with Crippen LogP contribution >= 0.6 is 7.14 Å². The number of rotatable bonds is 8. The summed E-state index contributed by atoms with van der Waals surface area (Å²) < 4.78 is 49.0. The molecule has 4 N–H and O–H groups in total. The van der Waals surface area contributed by atoms with Crippen LogP contribution in [0.1, 0.15) is 27.2 Å². The van der Waals surface area contributed by atoms with Crippen molar-refractivity contribution in [3.63, 3.8) is 0 Å². The first kappa shape index (κ1) is 23.3. The number of nitrogens with two attached hydrogens (primary N) is 1. The summed E-state index contributed by atoms with van der Waals surface area (Å²) in [5.41, 5.74) is 5.82. The Hall–Kier alpha value is -1.69. The minimum absolute atomic E-state index is 0.00646. The van der Waals surface area contributed by atoms with E-state index in [-0.39, 0.29) is 18.6 Å². The van der Waals surface area contributed by atoms with Crippen molar-refractivity contribution in [2.24, 2.45) is 16.1 Å². The number of hydrogen-bond donors (Lipinski definition) is 3. The second-order valence-electron chi connectivity index (χ2n) is 6.49. The number of aliphatic imine (C=N–C) groups is 1. The molecule has 5 nitrogen and oxygen atoms in total. The highest BCUT2D eigenvalue weighted by Gasteiger charge is 2.34. The molecule has 0 atom stereocenters. The zero-order chi connectivity index (χ0) is 19.9. The van der Waals surface area contributed by atoms with Crippen molar-refractivity contribution >= 4 is 13.1 Å². The normalized spacial score (nSPS) is 15.1. The molecule has 0 heterocycles. The average molecular weight is 380 g/mol. The van der Waals surface area contributed by atoms with E-state index in [9.17, 15) is 17.7 Å². The SMILES string of the molecule is C=CN/C(CC)=C(/C(C)(C)CN/C(N)=N\C=C\C(F)(F)F)P(C)(C)=O. The Morgan fingerprint density at radius 3 is 2.28 bits per heavy atom. The predicted octanol–water partition coefficient (Wildman–Crippen LogP) is 3.97. The molecule has 0 aliphatic rings. The summed E-state index contributed by atoms with van der Waals surface area (Å²) in [4.78, 5) is 3.50. The Morgan fingerprint density at radius 2 is 1.88 bits per heavy atom. The van der Waals surface area contributed by atoms with Gasteiger partial charge in [-0.3, -0.25) is 0 Å². The van der Waals surface area contributed by atoms with Gasteiger partial charge >= 0.3 is 6.18 Å². The third-order valence-electron chi connectivity index (χ3n) is 3.28. The van der Waals surface area contributed by atoms with Crippen LogP contribution in [0.2, 0.25) is 0 Å². The lowest BCUT2D eigenvalue weighted by atomic mass is 9.91. The molecule has 0 bridgehead atoms. The fourth-order valence-corrected chi connectivity index (χ4v) is 4.98. The number of nitrogens with one attached hydrogen (secondary N) is 2. The number of halogens is 3. The molecular formula is C16H28F3N4OP. The van der Waals surface area contributed by atoms with E-state index in [1.165, 1.54) is 6.20 Å². The Labute approximate surface area is 147 Å². The van der Waals surface area contributed by atoms with E-state index in [2.05, 4.69) is 22.2 Å². The molecule has 0 saturated carbocycles. The Bertz CT molecular complexity index is 601. The van der Waals surface area contributed by atoms with Crippen LogP contribution in [-0.4, -0.2) is 32.0 Å². The standard InChI is InChI=1S/C16H28F3N4OP/c1-7-12(21-8-2)13(25(5,6)24)15(3,4)11-23-14(20)22-10-9-16(17,18)19/h8-10,21H,2,7,11H2,1,3-6H3,(H3,20,22,23)/b10-9+,13-12-. The van der Waals surface area contributed by atoms with Gasteiger partial charge in [-0.05, 0) is 26.0 Å². The van der Waals surface area contributed by atoms with Gasteiger partial charge < -0.3 is 20.9 Å². The van der Waals surface area contributed by atoms with E-state index in [4.69, 9.17) is 5.73 Å². The van der Waals surface area contributed by atoms with Crippen molar-refractivity contribution in [3.8, 4) is 0 Å². The monoisotopic (exact) mass is 380 g/mol. The third-order valence-corrected chi connectivity index (χ3v) is 5.24. The van der Waals surface area contributed by atoms with Crippen molar-refractivity contribution in [1.82, 2.24) is 10.6 Å². The van der Waals surface area contributed by atoms with E-state index >= 15 is 0 Å². The van der Waals surface area contributed by atoms with Crippen LogP contribution in [0.3, 0.4) is 0 Å². The summed E-state index contributed by atoms with van der Waals surface area (Å²) >= 11 is 0. The predicted molar refractivity (Wildman–Crippen MR) is 98.7 cm³/mol. The van der Waals surface area contributed by atoms with E-state index in [0.717, 1.165) is 11.0 Å². The quantitative estimate of drug-likeness (QED) is 0.338. The first-order chi connectivity index (χ1) is 11.2. The number of alkyl halides is 3. The van der Waals surface area contributed by atoms with Crippen LogP contribution in [0.15, 0.2) is 41.1 Å². The summed E-state index contributed by atoms with van der Waals surface area (Å²) in [5, 5.41) is 6.56. The number of allylic oxidation sites excluding steroid dienone is 2. The van der Waals surface area contributed by atoms with Gasteiger partial charge in [0.15, 0.2) is 5.96 Å². The van der Waals surface area contributed by atoms with Crippen LogP contribution in [-0.2, 0) is 4.57 Å². The lowest BCUT2D eigenvalue weighted by Crippen LogP contribution is -2.40. The molecule has 25 heavy (non-hydrogen) atoms. The van der Waals surface area contributed by atoms with Crippen molar-refractivity contribution in [3.05, 3.63) is 36.1 Å². The number of nitrogens with zero attached hydrogens (tertiary/aromatic N) is 1. The second kappa shape index (κ2) is 9.13. The molecular weight excluding hydrogens is 352 g/mol. The average Bonchev–Trinajstić information content (AvgIpc) is 2.41. The Morgan fingerprint density at radius 1 is 1.32 bits per heavy atom. The molecule has 0 aromatic heterocycles. The molecule has 0 aromatic carbocycles. The van der Waals surface area contributed by atoms with E-state index in [0.29, 0.717) is 12.6 Å². The van der Waals surface area contributed by atoms with Gasteiger partial charge in [0.25, 0.3) is 0 Å². The maximum Gasteiger partial charge on any atom is 0.411 e. The molecule has 9 heteroatoms. The van der Waals surface area contributed by atoms with E-state index < -0.39 is 18.7 Å². The van der Waals surface area contributed by atoms with Gasteiger partial charge in [0.05, 0.1) is 0 Å². The van der Waals surface area contributed by atoms with Gasteiger partial charge in [0, 0.05) is 35.2 Å². The molecule has 0 spiro atoms. The third kappa shape index (κ3) is 8.82. The van der Waals surface area contributed by atoms with Crippen LogP contribution in [0.5, 0.6) is 0 Å². The van der Waals surface area contributed by atoms with Crippen molar-refractivity contribution in [1.29, 1.82) is 0 Å². The van der Waals surface area contributed by atoms with Gasteiger partial charge in [-0.1, -0.05) is 27.4 Å². The van der Waals surface area contributed by atoms with Gasteiger partial charge in [-0.25, -0.2) is 4.99 Å². The van der Waals surface area contributed by atoms with Gasteiger partial charge in [0.2, 0.25) is 0 Å². The highest BCUT2D eigenvalue weighted by Crippen LogP contribution is 2.55. The van der Waals surface area contributed by atoms with Gasteiger partial charge in [0.1, 0.15) is 7.14 Å². The molecule has 0 aliphatic heterocycles. The fourth-order valence-electron chi connectivity index (χ4n) is 2.57. The first-order valence-electron chi connectivity index (χ1n) is 7.72. The maximum atomic E-state index is 12.8. The highest BCUT2D eigenvalue weighted by molar-refractivity contribution is 7.66. The number of guanidine groups is 1. The zero-order valence-corrected chi connectivity index (χ0v) is 16.3. The molecule has 0 unspecified atom stereocenters. The topological polar surface area (TPSA) is 79.5 Å². The van der Waals surface area contributed by atoms with Crippen molar-refractivity contribution in [2.45, 2.75) is 33.4 Å². The molecule has 0 fully saturated rings. The summed E-state index contributed by atoms with van der Waals surface area (Å²) in [7, 11) is -2.62. The molecule has 0 aromatic rings. The van der Waals surface area contributed by atoms with E-state index in [1.807, 2.05) is 20.8 Å². The highest BCUT2D eigenvalue weighted by atomic mass is 31.2. The second-order valence-corrected chi connectivity index (χ2v) is 9.64. The van der Waals surface area contributed by atoms with Crippen molar-refractivity contribution < 1.29 is 17.7 Å². The van der Waals surface area contributed by atoms with Gasteiger partial charge in [-0.2, -0.15) is 13.2 Å². The maximum absolute atomic E-state index is 12.8. The molecule has 0 rings (SSSR count). The van der Waals surface area contributed by atoms with Crippen LogP contribution in [0.25, 0.3) is 0 Å². The summed E-state index contributed by atoms with van der Waals surface area (Å²) in [5.74, 6) is -0.148. The Balaban J connectivity index is 5.44. The molecule has 144 valence electrons. The molecule has 0 amide bonds. The fraction of sp³-hybridized carbons (Fsp3) is 0.562. The van der Waals surface area contributed by atoms with Crippen molar-refractivity contribution in [2.75, 3.05) is 19.9 Å². The minimum Gasteiger partial charge on any atom is -0.370 e.